The molecule has 1 heterocycles. The highest BCUT2D eigenvalue weighted by atomic mass is 16.6. The Hall–Kier alpha value is -2.88. The lowest BCUT2D eigenvalue weighted by molar-refractivity contribution is -0.535. The van der Waals surface area contributed by atoms with Crippen molar-refractivity contribution in [2.24, 2.45) is 0 Å². The Balaban J connectivity index is 1.85. The molecule has 0 N–H and O–H groups in total. The molecule has 0 spiro atoms. The molecule has 4 nitrogen and oxygen atoms in total. The molecule has 23 heavy (non-hydrogen) atoms. The third-order valence-electron chi connectivity index (χ3n) is 4.41. The molecule has 0 saturated heterocycles. The predicted molar refractivity (Wildman–Crippen MR) is 88.2 cm³/mol. The van der Waals surface area contributed by atoms with Crippen molar-refractivity contribution in [3.8, 4) is 5.75 Å². The smallest absolute Gasteiger partial charge is 0.257 e. The second-order valence-corrected chi connectivity index (χ2v) is 5.77. The highest BCUT2D eigenvalue weighted by molar-refractivity contribution is 5.88. The Morgan fingerprint density at radius 1 is 0.957 bits per heavy atom. The summed E-state index contributed by atoms with van der Waals surface area (Å²) < 4.78 is 6.06. The van der Waals surface area contributed by atoms with Crippen LogP contribution in [-0.2, 0) is 6.42 Å². The number of benzene rings is 3. The van der Waals surface area contributed by atoms with Crippen LogP contribution in [0.3, 0.4) is 0 Å². The summed E-state index contributed by atoms with van der Waals surface area (Å²) in [6.07, 6.45) is -0.177. The molecule has 0 fully saturated rings. The van der Waals surface area contributed by atoms with Crippen LogP contribution in [0.1, 0.15) is 17.2 Å². The first-order valence-electron chi connectivity index (χ1n) is 7.60. The van der Waals surface area contributed by atoms with Crippen LogP contribution in [0.25, 0.3) is 10.8 Å². The summed E-state index contributed by atoms with van der Waals surface area (Å²) in [5.74, 6) is 0.746. The predicted octanol–water partition coefficient (Wildman–Crippen LogP) is 4.16. The minimum absolute atomic E-state index is 0.220. The molecule has 0 amide bonds. The van der Waals surface area contributed by atoms with E-state index < -0.39 is 12.1 Å². The molecular formula is C19H15NO3. The maximum Gasteiger partial charge on any atom is 0.257 e. The van der Waals surface area contributed by atoms with Crippen molar-refractivity contribution in [3.05, 3.63) is 88.0 Å². The number of fused-ring (bicyclic) bond motifs is 3. The van der Waals surface area contributed by atoms with Crippen molar-refractivity contribution in [2.45, 2.75) is 18.6 Å². The van der Waals surface area contributed by atoms with Gasteiger partial charge in [-0.05, 0) is 22.4 Å². The maximum atomic E-state index is 11.6. The third kappa shape index (κ3) is 2.32. The zero-order chi connectivity index (χ0) is 15.8. The van der Waals surface area contributed by atoms with Gasteiger partial charge >= 0.3 is 0 Å². The van der Waals surface area contributed by atoms with Gasteiger partial charge in [-0.25, -0.2) is 0 Å². The average molecular weight is 305 g/mol. The second-order valence-electron chi connectivity index (χ2n) is 5.77. The molecule has 3 aromatic carbocycles. The third-order valence-corrected chi connectivity index (χ3v) is 4.41. The van der Waals surface area contributed by atoms with E-state index in [1.807, 2.05) is 66.7 Å². The summed E-state index contributed by atoms with van der Waals surface area (Å²) in [6, 6.07) is 20.5. The standard InChI is InChI=1S/C19H15NO3/c21-20(22)17-12-16-15-9-5-4-6-13(15)10-11-18(16)23-19(17)14-7-2-1-3-8-14/h1-11,17,19H,12H2/t17-,19+/m0/s1. The Morgan fingerprint density at radius 2 is 1.70 bits per heavy atom. The lowest BCUT2D eigenvalue weighted by Crippen LogP contribution is -2.36. The number of ether oxygens (including phenoxy) is 1. The van der Waals surface area contributed by atoms with Crippen molar-refractivity contribution >= 4 is 10.8 Å². The quantitative estimate of drug-likeness (QED) is 0.527. The van der Waals surface area contributed by atoms with Crippen LogP contribution in [0.2, 0.25) is 0 Å². The van der Waals surface area contributed by atoms with Crippen molar-refractivity contribution < 1.29 is 9.66 Å². The van der Waals surface area contributed by atoms with Gasteiger partial charge in [0.05, 0.1) is 0 Å². The van der Waals surface area contributed by atoms with Gasteiger partial charge in [-0.3, -0.25) is 10.1 Å². The van der Waals surface area contributed by atoms with Crippen LogP contribution in [-0.4, -0.2) is 11.0 Å². The molecule has 0 unspecified atom stereocenters. The minimum Gasteiger partial charge on any atom is -0.478 e. The van der Waals surface area contributed by atoms with E-state index in [9.17, 15) is 10.1 Å². The van der Waals surface area contributed by atoms with Gasteiger partial charge in [-0.2, -0.15) is 0 Å². The first kappa shape index (κ1) is 13.8. The first-order chi connectivity index (χ1) is 11.2. The number of hydrogen-bond acceptors (Lipinski definition) is 3. The Morgan fingerprint density at radius 3 is 2.48 bits per heavy atom. The zero-order valence-corrected chi connectivity index (χ0v) is 12.4. The van der Waals surface area contributed by atoms with Crippen molar-refractivity contribution in [2.75, 3.05) is 0 Å². The average Bonchev–Trinajstić information content (AvgIpc) is 2.61. The van der Waals surface area contributed by atoms with E-state index in [0.29, 0.717) is 6.42 Å². The molecule has 0 aromatic heterocycles. The SMILES string of the molecule is O=[N+]([O-])[C@H]1Cc2c(ccc3ccccc23)O[C@@H]1c1ccccc1. The van der Waals surface area contributed by atoms with E-state index in [4.69, 9.17) is 4.74 Å². The Bertz CT molecular complexity index is 876. The van der Waals surface area contributed by atoms with Gasteiger partial charge in [0, 0.05) is 16.9 Å². The van der Waals surface area contributed by atoms with E-state index >= 15 is 0 Å². The van der Waals surface area contributed by atoms with Crippen LogP contribution >= 0.6 is 0 Å². The fourth-order valence-electron chi connectivity index (χ4n) is 3.29. The number of rotatable bonds is 2. The molecule has 114 valence electrons. The summed E-state index contributed by atoms with van der Waals surface area (Å²) in [4.78, 5) is 11.4. The first-order valence-corrected chi connectivity index (χ1v) is 7.60. The van der Waals surface area contributed by atoms with Crippen LogP contribution in [0.15, 0.2) is 66.7 Å². The Kier molecular flexibility index (Phi) is 3.23. The van der Waals surface area contributed by atoms with Crippen LogP contribution in [0.4, 0.5) is 0 Å². The monoisotopic (exact) mass is 305 g/mol. The normalized spacial score (nSPS) is 19.8. The van der Waals surface area contributed by atoms with Gasteiger partial charge in [-0.1, -0.05) is 60.7 Å². The van der Waals surface area contributed by atoms with E-state index in [1.54, 1.807) is 0 Å². The van der Waals surface area contributed by atoms with E-state index in [-0.39, 0.29) is 4.92 Å². The maximum absolute atomic E-state index is 11.6. The molecule has 1 aliphatic rings. The lowest BCUT2D eigenvalue weighted by Gasteiger charge is -2.29. The van der Waals surface area contributed by atoms with Crippen molar-refractivity contribution in [3.63, 3.8) is 0 Å². The molecule has 4 rings (SSSR count). The van der Waals surface area contributed by atoms with Gasteiger partial charge in [0.1, 0.15) is 5.75 Å². The molecule has 0 saturated carbocycles. The summed E-state index contributed by atoms with van der Waals surface area (Å²) in [6.45, 7) is 0. The molecule has 0 radical (unpaired) electrons. The number of nitro groups is 1. The largest absolute Gasteiger partial charge is 0.478 e. The van der Waals surface area contributed by atoms with Gasteiger partial charge in [0.25, 0.3) is 6.04 Å². The van der Waals surface area contributed by atoms with Crippen molar-refractivity contribution in [1.29, 1.82) is 0 Å². The highest BCUT2D eigenvalue weighted by Crippen LogP contribution is 2.39. The molecule has 1 aliphatic heterocycles. The molecule has 0 bridgehead atoms. The zero-order valence-electron chi connectivity index (χ0n) is 12.4. The summed E-state index contributed by atoms with van der Waals surface area (Å²) >= 11 is 0. The van der Waals surface area contributed by atoms with Crippen LogP contribution in [0, 0.1) is 10.1 Å². The topological polar surface area (TPSA) is 52.4 Å². The van der Waals surface area contributed by atoms with Gasteiger partial charge in [0.15, 0.2) is 6.10 Å². The number of nitrogens with zero attached hydrogens (tertiary/aromatic N) is 1. The number of hydrogen-bond donors (Lipinski definition) is 0. The lowest BCUT2D eigenvalue weighted by atomic mass is 9.90. The summed E-state index contributed by atoms with van der Waals surface area (Å²) in [5, 5.41) is 13.7. The Labute approximate surface area is 133 Å². The van der Waals surface area contributed by atoms with E-state index in [1.165, 1.54) is 0 Å². The molecule has 4 heteroatoms. The molecular weight excluding hydrogens is 290 g/mol. The molecule has 3 aromatic rings. The van der Waals surface area contributed by atoms with E-state index in [2.05, 4.69) is 0 Å². The molecule has 2 atom stereocenters. The van der Waals surface area contributed by atoms with Gasteiger partial charge in [0.2, 0.25) is 0 Å². The van der Waals surface area contributed by atoms with E-state index in [0.717, 1.165) is 27.6 Å². The summed E-state index contributed by atoms with van der Waals surface area (Å²) in [7, 11) is 0. The minimum atomic E-state index is -0.782. The van der Waals surface area contributed by atoms with Gasteiger partial charge < -0.3 is 4.74 Å². The second kappa shape index (κ2) is 5.39. The van der Waals surface area contributed by atoms with Crippen LogP contribution in [0.5, 0.6) is 5.75 Å². The van der Waals surface area contributed by atoms with Crippen LogP contribution < -0.4 is 4.74 Å². The fourth-order valence-corrected chi connectivity index (χ4v) is 3.29. The van der Waals surface area contributed by atoms with Crippen molar-refractivity contribution in [1.82, 2.24) is 0 Å². The fraction of sp³-hybridized carbons (Fsp3) is 0.158. The summed E-state index contributed by atoms with van der Waals surface area (Å²) in [5.41, 5.74) is 1.77. The highest BCUT2D eigenvalue weighted by Gasteiger charge is 2.40. The molecule has 0 aliphatic carbocycles. The van der Waals surface area contributed by atoms with Gasteiger partial charge in [-0.15, -0.1) is 0 Å².